The number of aryl methyl sites for hydroxylation is 1. The Balaban J connectivity index is 2.12. The Morgan fingerprint density at radius 1 is 1.19 bits per heavy atom. The lowest BCUT2D eigenvalue weighted by molar-refractivity contribution is 0.102. The number of nitrogens with zero attached hydrogens (tertiary/aromatic N) is 2. The van der Waals surface area contributed by atoms with Crippen LogP contribution >= 0.6 is 0 Å². The van der Waals surface area contributed by atoms with E-state index < -0.39 is 0 Å². The van der Waals surface area contributed by atoms with Gasteiger partial charge in [0, 0.05) is 11.8 Å². The molecule has 0 saturated heterocycles. The number of amides is 1. The van der Waals surface area contributed by atoms with Gasteiger partial charge < -0.3 is 5.32 Å². The number of carbonyl (C=O) groups excluding carboxylic acids is 1. The summed E-state index contributed by atoms with van der Waals surface area (Å²) in [5.41, 5.74) is 1.74. The highest BCUT2D eigenvalue weighted by molar-refractivity contribution is 6.03. The van der Waals surface area contributed by atoms with Gasteiger partial charge in [-0.3, -0.25) is 4.79 Å². The van der Waals surface area contributed by atoms with Gasteiger partial charge >= 0.3 is 0 Å². The lowest BCUT2D eigenvalue weighted by Crippen LogP contribution is -2.12. The van der Waals surface area contributed by atoms with Crippen LogP contribution in [-0.4, -0.2) is 15.9 Å². The zero-order valence-corrected chi connectivity index (χ0v) is 8.84. The fourth-order valence-corrected chi connectivity index (χ4v) is 1.26. The molecule has 0 bridgehead atoms. The molecule has 2 rings (SSSR count). The first kappa shape index (κ1) is 10.3. The van der Waals surface area contributed by atoms with Crippen molar-refractivity contribution >= 4 is 11.7 Å². The molecule has 4 heteroatoms. The maximum atomic E-state index is 11.8. The van der Waals surface area contributed by atoms with Crippen molar-refractivity contribution in [2.45, 2.75) is 6.92 Å². The van der Waals surface area contributed by atoms with Crippen LogP contribution in [0.1, 0.15) is 15.9 Å². The molecule has 1 amide bonds. The van der Waals surface area contributed by atoms with Crippen molar-refractivity contribution in [3.63, 3.8) is 0 Å². The average Bonchev–Trinajstić information content (AvgIpc) is 2.31. The van der Waals surface area contributed by atoms with Gasteiger partial charge in [-0.25, -0.2) is 9.97 Å². The summed E-state index contributed by atoms with van der Waals surface area (Å²) in [4.78, 5) is 19.4. The number of rotatable bonds is 2. The van der Waals surface area contributed by atoms with E-state index in [4.69, 9.17) is 0 Å². The second-order valence-electron chi connectivity index (χ2n) is 3.41. The Labute approximate surface area is 93.4 Å². The molecular weight excluding hydrogens is 202 g/mol. The number of benzene rings is 1. The average molecular weight is 213 g/mol. The van der Waals surface area contributed by atoms with E-state index in [1.807, 2.05) is 19.1 Å². The molecule has 0 saturated carbocycles. The molecule has 0 atom stereocenters. The molecule has 0 unspecified atom stereocenters. The maximum absolute atomic E-state index is 11.8. The van der Waals surface area contributed by atoms with Crippen molar-refractivity contribution in [1.82, 2.24) is 9.97 Å². The first-order valence-corrected chi connectivity index (χ1v) is 4.90. The fourth-order valence-electron chi connectivity index (χ4n) is 1.26. The minimum atomic E-state index is -0.168. The van der Waals surface area contributed by atoms with Crippen LogP contribution in [-0.2, 0) is 0 Å². The normalized spacial score (nSPS) is 9.81. The first-order valence-electron chi connectivity index (χ1n) is 4.90. The number of carbonyl (C=O) groups is 1. The van der Waals surface area contributed by atoms with E-state index in [1.165, 1.54) is 6.33 Å². The Hall–Kier alpha value is -2.23. The first-order chi connectivity index (χ1) is 7.75. The van der Waals surface area contributed by atoms with Crippen LogP contribution in [0.15, 0.2) is 42.9 Å². The Kier molecular flexibility index (Phi) is 2.91. The highest BCUT2D eigenvalue weighted by atomic mass is 16.1. The van der Waals surface area contributed by atoms with Crippen molar-refractivity contribution in [1.29, 1.82) is 0 Å². The SMILES string of the molecule is Cc1ccc(C(=O)Nc2ccncn2)cc1. The van der Waals surface area contributed by atoms with Gasteiger partial charge in [-0.15, -0.1) is 0 Å². The standard InChI is InChI=1S/C12H11N3O/c1-9-2-4-10(5-3-9)12(16)15-11-6-7-13-8-14-11/h2-8H,1H3,(H,13,14,15,16). The molecule has 4 nitrogen and oxygen atoms in total. The number of aromatic nitrogens is 2. The van der Waals surface area contributed by atoms with Crippen LogP contribution in [0.4, 0.5) is 5.82 Å². The molecule has 80 valence electrons. The zero-order valence-electron chi connectivity index (χ0n) is 8.84. The molecule has 0 aliphatic rings. The summed E-state index contributed by atoms with van der Waals surface area (Å²) in [5, 5.41) is 2.69. The molecule has 16 heavy (non-hydrogen) atoms. The predicted octanol–water partition coefficient (Wildman–Crippen LogP) is 2.04. The summed E-state index contributed by atoms with van der Waals surface area (Å²) >= 11 is 0. The highest BCUT2D eigenvalue weighted by Gasteiger charge is 2.05. The molecule has 0 aliphatic heterocycles. The molecule has 0 aliphatic carbocycles. The molecule has 0 radical (unpaired) electrons. The number of hydrogen-bond acceptors (Lipinski definition) is 3. The maximum Gasteiger partial charge on any atom is 0.256 e. The van der Waals surface area contributed by atoms with Gasteiger partial charge in [-0.1, -0.05) is 17.7 Å². The smallest absolute Gasteiger partial charge is 0.256 e. The van der Waals surface area contributed by atoms with Gasteiger partial charge in [0.1, 0.15) is 12.1 Å². The molecule has 1 N–H and O–H groups in total. The van der Waals surface area contributed by atoms with E-state index in [9.17, 15) is 4.79 Å². The Morgan fingerprint density at radius 3 is 2.56 bits per heavy atom. The van der Waals surface area contributed by atoms with Crippen molar-refractivity contribution in [2.75, 3.05) is 5.32 Å². The summed E-state index contributed by atoms with van der Waals surface area (Å²) in [5.74, 6) is 0.333. The second kappa shape index (κ2) is 4.53. The number of anilines is 1. The summed E-state index contributed by atoms with van der Waals surface area (Å²) in [6.07, 6.45) is 2.97. The van der Waals surface area contributed by atoms with Crippen LogP contribution in [0.3, 0.4) is 0 Å². The highest BCUT2D eigenvalue weighted by Crippen LogP contribution is 2.06. The quantitative estimate of drug-likeness (QED) is 0.830. The monoisotopic (exact) mass is 213 g/mol. The molecular formula is C12H11N3O. The van der Waals surface area contributed by atoms with Gasteiger partial charge in [-0.05, 0) is 25.1 Å². The van der Waals surface area contributed by atoms with E-state index >= 15 is 0 Å². The van der Waals surface area contributed by atoms with Crippen molar-refractivity contribution < 1.29 is 4.79 Å². The topological polar surface area (TPSA) is 54.9 Å². The van der Waals surface area contributed by atoms with E-state index in [1.54, 1.807) is 24.4 Å². The molecule has 0 fully saturated rings. The summed E-state index contributed by atoms with van der Waals surface area (Å²) in [7, 11) is 0. The second-order valence-corrected chi connectivity index (χ2v) is 3.41. The van der Waals surface area contributed by atoms with Gasteiger partial charge in [0.05, 0.1) is 0 Å². The third-order valence-corrected chi connectivity index (χ3v) is 2.14. The van der Waals surface area contributed by atoms with E-state index in [0.717, 1.165) is 5.56 Å². The van der Waals surface area contributed by atoms with Crippen molar-refractivity contribution in [3.05, 3.63) is 54.0 Å². The lowest BCUT2D eigenvalue weighted by Gasteiger charge is -2.03. The van der Waals surface area contributed by atoms with Crippen molar-refractivity contribution in [2.24, 2.45) is 0 Å². The largest absolute Gasteiger partial charge is 0.306 e. The van der Waals surface area contributed by atoms with Crippen LogP contribution in [0.25, 0.3) is 0 Å². The molecule has 2 aromatic rings. The number of nitrogens with one attached hydrogen (secondary N) is 1. The molecule has 1 aromatic heterocycles. The van der Waals surface area contributed by atoms with Gasteiger partial charge in [0.25, 0.3) is 5.91 Å². The van der Waals surface area contributed by atoms with E-state index in [2.05, 4.69) is 15.3 Å². The van der Waals surface area contributed by atoms with E-state index in [0.29, 0.717) is 11.4 Å². The third kappa shape index (κ3) is 2.42. The minimum absolute atomic E-state index is 0.168. The Bertz CT molecular complexity index is 479. The third-order valence-electron chi connectivity index (χ3n) is 2.14. The summed E-state index contributed by atoms with van der Waals surface area (Å²) in [6, 6.07) is 9.01. The van der Waals surface area contributed by atoms with E-state index in [-0.39, 0.29) is 5.91 Å². The zero-order chi connectivity index (χ0) is 11.4. The minimum Gasteiger partial charge on any atom is -0.306 e. The molecule has 1 heterocycles. The predicted molar refractivity (Wildman–Crippen MR) is 61.2 cm³/mol. The number of hydrogen-bond donors (Lipinski definition) is 1. The van der Waals surface area contributed by atoms with Crippen molar-refractivity contribution in [3.8, 4) is 0 Å². The molecule has 1 aromatic carbocycles. The summed E-state index contributed by atoms with van der Waals surface area (Å²) in [6.45, 7) is 1.98. The van der Waals surface area contributed by atoms with Gasteiger partial charge in [0.15, 0.2) is 0 Å². The van der Waals surface area contributed by atoms with Crippen LogP contribution in [0, 0.1) is 6.92 Å². The van der Waals surface area contributed by atoms with Crippen LogP contribution in [0.2, 0.25) is 0 Å². The van der Waals surface area contributed by atoms with Crippen LogP contribution in [0.5, 0.6) is 0 Å². The fraction of sp³-hybridized carbons (Fsp3) is 0.0833. The van der Waals surface area contributed by atoms with Crippen LogP contribution < -0.4 is 5.32 Å². The van der Waals surface area contributed by atoms with Gasteiger partial charge in [-0.2, -0.15) is 0 Å². The molecule has 0 spiro atoms. The Morgan fingerprint density at radius 2 is 1.94 bits per heavy atom. The summed E-state index contributed by atoms with van der Waals surface area (Å²) < 4.78 is 0. The lowest BCUT2D eigenvalue weighted by atomic mass is 10.1. The van der Waals surface area contributed by atoms with Gasteiger partial charge in [0.2, 0.25) is 0 Å².